The van der Waals surface area contributed by atoms with Gasteiger partial charge in [-0.05, 0) is 6.07 Å². The second-order valence-electron chi connectivity index (χ2n) is 1.74. The molecule has 1 heterocycles. The van der Waals surface area contributed by atoms with Gasteiger partial charge in [0, 0.05) is 12.3 Å². The average molecular weight is 174 g/mol. The summed E-state index contributed by atoms with van der Waals surface area (Å²) in [7, 11) is 0. The van der Waals surface area contributed by atoms with Crippen molar-refractivity contribution in [2.45, 2.75) is 0 Å². The minimum Gasteiger partial charge on any atom is -0.244 e. The number of hydrogen-bond acceptors (Lipinski definition) is 3. The van der Waals surface area contributed by atoms with E-state index in [2.05, 4.69) is 4.98 Å². The highest BCUT2D eigenvalue weighted by atomic mass is 35.5. The van der Waals surface area contributed by atoms with Crippen molar-refractivity contribution < 1.29 is 5.03 Å². The zero-order valence-electron chi connectivity index (χ0n) is 5.32. The van der Waals surface area contributed by atoms with Crippen molar-refractivity contribution in [2.24, 2.45) is 0 Å². The molecule has 0 radical (unpaired) electrons. The summed E-state index contributed by atoms with van der Waals surface area (Å²) >= 11 is 5.45. The minimum absolute atomic E-state index is 0.219. The van der Waals surface area contributed by atoms with Gasteiger partial charge in [0.05, 0.1) is 0 Å². The van der Waals surface area contributed by atoms with Crippen molar-refractivity contribution in [1.29, 1.82) is 0 Å². The standard InChI is InChI=1S/C5H4ClN3O2/c6-5-3-4(1-2-7-5)8-9(10)11/h1-3H,(H,7,8). The van der Waals surface area contributed by atoms with Gasteiger partial charge in [-0.1, -0.05) is 11.6 Å². The first-order chi connectivity index (χ1) is 5.18. The highest BCUT2D eigenvalue weighted by molar-refractivity contribution is 6.29. The summed E-state index contributed by atoms with van der Waals surface area (Å²) in [5.41, 5.74) is 2.26. The van der Waals surface area contributed by atoms with E-state index >= 15 is 0 Å². The molecule has 0 aromatic carbocycles. The highest BCUT2D eigenvalue weighted by Gasteiger charge is 1.98. The zero-order chi connectivity index (χ0) is 8.27. The maximum absolute atomic E-state index is 9.91. The van der Waals surface area contributed by atoms with Gasteiger partial charge in [0.15, 0.2) is 5.03 Å². The van der Waals surface area contributed by atoms with Crippen molar-refractivity contribution in [2.75, 3.05) is 5.43 Å². The number of nitro groups is 1. The summed E-state index contributed by atoms with van der Waals surface area (Å²) in [5.74, 6) is 0. The van der Waals surface area contributed by atoms with Crippen LogP contribution in [0.15, 0.2) is 18.3 Å². The predicted molar refractivity (Wildman–Crippen MR) is 39.9 cm³/mol. The van der Waals surface area contributed by atoms with E-state index in [1.165, 1.54) is 18.3 Å². The average Bonchev–Trinajstić information content (AvgIpc) is 1.85. The summed E-state index contributed by atoms with van der Waals surface area (Å²) in [4.78, 5) is 13.6. The quantitative estimate of drug-likeness (QED) is 0.416. The lowest BCUT2D eigenvalue weighted by molar-refractivity contribution is -0.445. The van der Waals surface area contributed by atoms with Crippen LogP contribution in [0.3, 0.4) is 0 Å². The van der Waals surface area contributed by atoms with Crippen LogP contribution in [0.4, 0.5) is 5.69 Å². The van der Waals surface area contributed by atoms with Crippen LogP contribution in [-0.2, 0) is 0 Å². The van der Waals surface area contributed by atoms with E-state index in [0.29, 0.717) is 5.69 Å². The Hall–Kier alpha value is -1.36. The Morgan fingerprint density at radius 1 is 1.73 bits per heavy atom. The Balaban J connectivity index is 2.79. The highest BCUT2D eigenvalue weighted by Crippen LogP contribution is 2.10. The maximum Gasteiger partial charge on any atom is 0.162 e. The Morgan fingerprint density at radius 3 is 3.00 bits per heavy atom. The number of hydrazine groups is 1. The van der Waals surface area contributed by atoms with E-state index < -0.39 is 5.03 Å². The Bertz CT molecular complexity index is 278. The van der Waals surface area contributed by atoms with E-state index in [-0.39, 0.29) is 5.15 Å². The molecule has 0 amide bonds. The molecule has 0 spiro atoms. The summed E-state index contributed by atoms with van der Waals surface area (Å²) in [6, 6.07) is 2.82. The molecule has 1 N–H and O–H groups in total. The first kappa shape index (κ1) is 7.74. The molecule has 6 heteroatoms. The van der Waals surface area contributed by atoms with Gasteiger partial charge in [-0.3, -0.25) is 0 Å². The molecule has 11 heavy (non-hydrogen) atoms. The van der Waals surface area contributed by atoms with E-state index in [9.17, 15) is 10.1 Å². The number of aromatic nitrogens is 1. The minimum atomic E-state index is -0.661. The number of halogens is 1. The van der Waals surface area contributed by atoms with Gasteiger partial charge < -0.3 is 0 Å². The molecule has 5 nitrogen and oxygen atoms in total. The Morgan fingerprint density at radius 2 is 2.45 bits per heavy atom. The topological polar surface area (TPSA) is 68.1 Å². The third-order valence-electron chi connectivity index (χ3n) is 0.947. The van der Waals surface area contributed by atoms with Gasteiger partial charge in [-0.25, -0.2) is 15.1 Å². The molecule has 1 aromatic heterocycles. The first-order valence-electron chi connectivity index (χ1n) is 2.71. The lowest BCUT2D eigenvalue weighted by atomic mass is 10.4. The van der Waals surface area contributed by atoms with Gasteiger partial charge in [0.2, 0.25) is 0 Å². The molecule has 0 aliphatic carbocycles. The summed E-state index contributed by atoms with van der Waals surface area (Å²) in [5, 5.41) is 9.47. The normalized spacial score (nSPS) is 9.18. The monoisotopic (exact) mass is 173 g/mol. The third kappa shape index (κ3) is 2.38. The van der Waals surface area contributed by atoms with Crippen LogP contribution in [0.2, 0.25) is 5.15 Å². The Labute approximate surface area is 67.1 Å². The number of rotatable bonds is 2. The number of nitrogens with zero attached hydrogens (tertiary/aromatic N) is 2. The smallest absolute Gasteiger partial charge is 0.162 e. The van der Waals surface area contributed by atoms with E-state index in [1.807, 2.05) is 5.43 Å². The van der Waals surface area contributed by atoms with Crippen molar-refractivity contribution in [3.63, 3.8) is 0 Å². The molecular weight excluding hydrogens is 170 g/mol. The fourth-order valence-electron chi connectivity index (χ4n) is 0.577. The summed E-state index contributed by atoms with van der Waals surface area (Å²) < 4.78 is 0. The second kappa shape index (κ2) is 3.16. The van der Waals surface area contributed by atoms with Crippen LogP contribution in [-0.4, -0.2) is 10.0 Å². The van der Waals surface area contributed by atoms with Crippen LogP contribution in [0.25, 0.3) is 0 Å². The van der Waals surface area contributed by atoms with Crippen LogP contribution >= 0.6 is 11.6 Å². The Kier molecular flexibility index (Phi) is 2.22. The number of anilines is 1. The van der Waals surface area contributed by atoms with Crippen LogP contribution in [0.5, 0.6) is 0 Å². The second-order valence-corrected chi connectivity index (χ2v) is 2.12. The fourth-order valence-corrected chi connectivity index (χ4v) is 0.751. The lowest BCUT2D eigenvalue weighted by Crippen LogP contribution is -2.07. The molecule has 0 atom stereocenters. The van der Waals surface area contributed by atoms with Crippen molar-refractivity contribution in [1.82, 2.24) is 4.98 Å². The van der Waals surface area contributed by atoms with E-state index in [0.717, 1.165) is 0 Å². The largest absolute Gasteiger partial charge is 0.244 e. The van der Waals surface area contributed by atoms with Crippen LogP contribution in [0, 0.1) is 10.1 Å². The van der Waals surface area contributed by atoms with Crippen molar-refractivity contribution in [3.8, 4) is 0 Å². The number of nitrogens with one attached hydrogen (secondary N) is 1. The first-order valence-corrected chi connectivity index (χ1v) is 3.09. The van der Waals surface area contributed by atoms with Crippen molar-refractivity contribution in [3.05, 3.63) is 33.6 Å². The zero-order valence-corrected chi connectivity index (χ0v) is 6.08. The SMILES string of the molecule is O=[N+]([O-])Nc1ccnc(Cl)c1. The molecule has 0 saturated carbocycles. The van der Waals surface area contributed by atoms with Crippen LogP contribution in [0.1, 0.15) is 0 Å². The predicted octanol–water partition coefficient (Wildman–Crippen LogP) is 1.34. The maximum atomic E-state index is 9.91. The van der Waals surface area contributed by atoms with Gasteiger partial charge in [-0.2, -0.15) is 0 Å². The molecule has 0 unspecified atom stereocenters. The van der Waals surface area contributed by atoms with Gasteiger partial charge in [-0.15, -0.1) is 5.43 Å². The van der Waals surface area contributed by atoms with Crippen LogP contribution < -0.4 is 5.43 Å². The molecular formula is C5H4ClN3O2. The third-order valence-corrected chi connectivity index (χ3v) is 1.15. The summed E-state index contributed by atoms with van der Waals surface area (Å²) in [6.07, 6.45) is 1.38. The number of hydrogen-bond donors (Lipinski definition) is 1. The molecule has 0 fully saturated rings. The van der Waals surface area contributed by atoms with Crippen molar-refractivity contribution >= 4 is 17.3 Å². The van der Waals surface area contributed by atoms with Gasteiger partial charge in [0.25, 0.3) is 0 Å². The fraction of sp³-hybridized carbons (Fsp3) is 0. The molecule has 0 saturated heterocycles. The molecule has 0 bridgehead atoms. The van der Waals surface area contributed by atoms with Gasteiger partial charge >= 0.3 is 0 Å². The molecule has 58 valence electrons. The summed E-state index contributed by atoms with van der Waals surface area (Å²) in [6.45, 7) is 0. The van der Waals surface area contributed by atoms with E-state index in [4.69, 9.17) is 11.6 Å². The molecule has 1 aromatic rings. The van der Waals surface area contributed by atoms with Gasteiger partial charge in [0.1, 0.15) is 10.8 Å². The van der Waals surface area contributed by atoms with E-state index in [1.54, 1.807) is 0 Å². The molecule has 0 aliphatic rings. The molecule has 1 rings (SSSR count). The lowest BCUT2D eigenvalue weighted by Gasteiger charge is -1.94. The molecule has 0 aliphatic heterocycles. The number of pyridine rings is 1.